The van der Waals surface area contributed by atoms with E-state index in [0.717, 1.165) is 5.25 Å². The second-order valence-corrected chi connectivity index (χ2v) is 9.66. The largest absolute Gasteiger partial charge is 0.469 e. The molecule has 1 aliphatic carbocycles. The van der Waals surface area contributed by atoms with Crippen LogP contribution in [0.1, 0.15) is 76.8 Å². The van der Waals surface area contributed by atoms with Crippen LogP contribution in [0.4, 0.5) is 0 Å². The minimum atomic E-state index is -0.245. The number of carbonyl (C=O) groups is 1. The third-order valence-electron chi connectivity index (χ3n) is 5.63. The van der Waals surface area contributed by atoms with E-state index in [1.54, 1.807) is 11.1 Å². The van der Waals surface area contributed by atoms with Crippen molar-refractivity contribution in [3.8, 4) is 0 Å². The van der Waals surface area contributed by atoms with E-state index in [2.05, 4.69) is 62.7 Å². The molecular formula is C22H34BO2S. The van der Waals surface area contributed by atoms with Gasteiger partial charge in [0.15, 0.2) is 7.28 Å². The van der Waals surface area contributed by atoms with Gasteiger partial charge in [-0.3, -0.25) is 4.79 Å². The van der Waals surface area contributed by atoms with Crippen molar-refractivity contribution in [1.29, 1.82) is 0 Å². The highest BCUT2D eigenvalue weighted by molar-refractivity contribution is 7.99. The summed E-state index contributed by atoms with van der Waals surface area (Å²) in [6.07, 6.45) is 8.46. The van der Waals surface area contributed by atoms with Crippen molar-refractivity contribution < 1.29 is 9.53 Å². The van der Waals surface area contributed by atoms with Gasteiger partial charge in [0.1, 0.15) is 0 Å². The minimum Gasteiger partial charge on any atom is -0.469 e. The maximum Gasteiger partial charge on any atom is 0.302 e. The lowest BCUT2D eigenvalue weighted by Gasteiger charge is -2.24. The quantitative estimate of drug-likeness (QED) is 0.544. The summed E-state index contributed by atoms with van der Waals surface area (Å²) in [7, 11) is 3.75. The molecule has 1 aromatic carbocycles. The second kappa shape index (κ2) is 9.87. The van der Waals surface area contributed by atoms with Crippen molar-refractivity contribution >= 4 is 30.5 Å². The van der Waals surface area contributed by atoms with Crippen LogP contribution < -0.4 is 5.46 Å². The lowest BCUT2D eigenvalue weighted by atomic mass is 9.69. The van der Waals surface area contributed by atoms with Crippen LogP contribution in [0.15, 0.2) is 18.2 Å². The van der Waals surface area contributed by atoms with Gasteiger partial charge in [0.25, 0.3) is 0 Å². The number of carbonyl (C=O) groups excluding carboxylic acids is 1. The number of thioether (sulfide) groups is 1. The average molecular weight is 373 g/mol. The third-order valence-corrected chi connectivity index (χ3v) is 7.26. The lowest BCUT2D eigenvalue weighted by molar-refractivity contribution is -0.137. The summed E-state index contributed by atoms with van der Waals surface area (Å²) in [6.45, 7) is 8.52. The molecule has 1 unspecified atom stereocenters. The summed E-state index contributed by atoms with van der Waals surface area (Å²) >= 11 is 2.23. The van der Waals surface area contributed by atoms with Crippen LogP contribution in [-0.2, 0) is 14.9 Å². The fraction of sp³-hybridized carbons (Fsp3) is 0.682. The van der Waals surface area contributed by atoms with Crippen LogP contribution in [0.25, 0.3) is 0 Å². The first-order chi connectivity index (χ1) is 12.3. The van der Waals surface area contributed by atoms with Crippen molar-refractivity contribution in [3.05, 3.63) is 29.3 Å². The van der Waals surface area contributed by atoms with Gasteiger partial charge >= 0.3 is 5.97 Å². The molecule has 1 radical (unpaired) electrons. The van der Waals surface area contributed by atoms with Gasteiger partial charge in [-0.1, -0.05) is 70.0 Å². The van der Waals surface area contributed by atoms with Gasteiger partial charge in [-0.2, -0.15) is 11.8 Å². The molecule has 1 fully saturated rings. The first kappa shape index (κ1) is 21.4. The molecule has 0 bridgehead atoms. The smallest absolute Gasteiger partial charge is 0.302 e. The Labute approximate surface area is 165 Å². The number of fused-ring (bicyclic) bond motifs is 1. The van der Waals surface area contributed by atoms with Gasteiger partial charge in [0.05, 0.1) is 7.11 Å². The van der Waals surface area contributed by atoms with E-state index in [-0.39, 0.29) is 5.97 Å². The predicted octanol–water partition coefficient (Wildman–Crippen LogP) is 5.07. The maximum atomic E-state index is 9.59. The first-order valence-corrected chi connectivity index (χ1v) is 11.0. The molecule has 0 spiro atoms. The van der Waals surface area contributed by atoms with Crippen molar-refractivity contribution in [2.75, 3.05) is 12.9 Å². The monoisotopic (exact) mass is 373 g/mol. The molecule has 2 nitrogen and oxygen atoms in total. The van der Waals surface area contributed by atoms with Gasteiger partial charge in [0.2, 0.25) is 0 Å². The van der Waals surface area contributed by atoms with Crippen LogP contribution >= 0.6 is 11.8 Å². The van der Waals surface area contributed by atoms with Gasteiger partial charge < -0.3 is 4.74 Å². The zero-order valence-corrected chi connectivity index (χ0v) is 18.0. The highest BCUT2D eigenvalue weighted by atomic mass is 32.2. The summed E-state index contributed by atoms with van der Waals surface area (Å²) in [5.41, 5.74) is 4.91. The molecule has 0 aromatic heterocycles. The molecule has 1 saturated carbocycles. The Kier molecular flexibility index (Phi) is 8.13. The van der Waals surface area contributed by atoms with Crippen molar-refractivity contribution in [3.63, 3.8) is 0 Å². The van der Waals surface area contributed by atoms with Crippen molar-refractivity contribution in [1.82, 2.24) is 0 Å². The Morgan fingerprint density at radius 1 is 1.31 bits per heavy atom. The van der Waals surface area contributed by atoms with E-state index in [0.29, 0.717) is 11.3 Å². The van der Waals surface area contributed by atoms with Crippen molar-refractivity contribution in [2.45, 2.75) is 82.7 Å². The highest BCUT2D eigenvalue weighted by Gasteiger charge is 2.30. The fourth-order valence-electron chi connectivity index (χ4n) is 3.73. The predicted molar refractivity (Wildman–Crippen MR) is 115 cm³/mol. The van der Waals surface area contributed by atoms with E-state index < -0.39 is 0 Å². The zero-order chi connectivity index (χ0) is 19.2. The molecule has 1 aliphatic heterocycles. The average Bonchev–Trinajstić information content (AvgIpc) is 2.95. The zero-order valence-electron chi connectivity index (χ0n) is 17.1. The number of esters is 1. The molecule has 1 atom stereocenters. The van der Waals surface area contributed by atoms with E-state index in [4.69, 9.17) is 0 Å². The molecule has 143 valence electrons. The summed E-state index contributed by atoms with van der Waals surface area (Å²) < 4.78 is 4.11. The highest BCUT2D eigenvalue weighted by Crippen LogP contribution is 2.35. The Balaban J connectivity index is 0.000000431. The van der Waals surface area contributed by atoms with Crippen LogP contribution in [0, 0.1) is 0 Å². The van der Waals surface area contributed by atoms with Gasteiger partial charge in [0, 0.05) is 17.9 Å². The molecule has 3 rings (SSSR count). The second-order valence-electron chi connectivity index (χ2n) is 8.33. The van der Waals surface area contributed by atoms with E-state index in [9.17, 15) is 4.79 Å². The molecule has 1 heterocycles. The van der Waals surface area contributed by atoms with E-state index >= 15 is 0 Å². The Hall–Kier alpha value is -0.895. The molecule has 2 aliphatic rings. The number of rotatable bonds is 4. The summed E-state index contributed by atoms with van der Waals surface area (Å²) in [6, 6.07) is 7.20. The van der Waals surface area contributed by atoms with Gasteiger partial charge in [-0.15, -0.1) is 0 Å². The SMILES string of the molecule is CC(CSC1CCCCC1)c1ccc2c(c1)C(C)(C)C[B]2.COC(C)=O. The molecule has 1 aromatic rings. The first-order valence-electron chi connectivity index (χ1n) is 9.97. The van der Waals surface area contributed by atoms with E-state index in [1.165, 1.54) is 63.7 Å². The van der Waals surface area contributed by atoms with Crippen LogP contribution in [0.5, 0.6) is 0 Å². The number of hydrogen-bond donors (Lipinski definition) is 0. The van der Waals surface area contributed by atoms with Crippen LogP contribution in [-0.4, -0.2) is 31.4 Å². The summed E-state index contributed by atoms with van der Waals surface area (Å²) in [4.78, 5) is 9.59. The van der Waals surface area contributed by atoms with E-state index in [1.807, 2.05) is 0 Å². The fourth-order valence-corrected chi connectivity index (χ4v) is 5.15. The summed E-state index contributed by atoms with van der Waals surface area (Å²) in [5, 5.41) is 0.931. The normalized spacial score (nSPS) is 19.6. The van der Waals surface area contributed by atoms with Crippen LogP contribution in [0.3, 0.4) is 0 Å². The third kappa shape index (κ3) is 6.08. The van der Waals surface area contributed by atoms with Gasteiger partial charge in [-0.25, -0.2) is 0 Å². The molecule has 4 heteroatoms. The number of methoxy groups -OCH3 is 1. The Morgan fingerprint density at radius 2 is 1.96 bits per heavy atom. The number of ether oxygens (including phenoxy) is 1. The van der Waals surface area contributed by atoms with Crippen LogP contribution in [0.2, 0.25) is 6.32 Å². The standard InChI is InChI=1S/C19H28BS.C3H6O2/c1-14(12-21-16-7-5-4-6-8-16)15-9-10-18-17(11-15)19(2,3)13-20-18;1-3(4)5-2/h9-11,14,16H,4-8,12-13H2,1-3H3;1-2H3. The topological polar surface area (TPSA) is 26.3 Å². The Bertz CT molecular complexity index is 594. The number of hydrogen-bond acceptors (Lipinski definition) is 3. The van der Waals surface area contributed by atoms with Gasteiger partial charge in [-0.05, 0) is 35.3 Å². The number of benzene rings is 1. The Morgan fingerprint density at radius 3 is 2.58 bits per heavy atom. The molecule has 0 N–H and O–H groups in total. The minimum absolute atomic E-state index is 0.245. The van der Waals surface area contributed by atoms with Crippen molar-refractivity contribution in [2.24, 2.45) is 0 Å². The molecule has 0 amide bonds. The molecule has 26 heavy (non-hydrogen) atoms. The maximum absolute atomic E-state index is 9.59. The molecular weight excluding hydrogens is 339 g/mol. The summed E-state index contributed by atoms with van der Waals surface area (Å²) in [5.74, 6) is 1.72. The lowest BCUT2D eigenvalue weighted by Crippen LogP contribution is -2.17. The molecule has 0 saturated heterocycles.